The minimum atomic E-state index is -1.03. The minimum absolute atomic E-state index is 0.133. The lowest BCUT2D eigenvalue weighted by molar-refractivity contribution is -0.143. The molecule has 0 spiro atoms. The topological polar surface area (TPSA) is 205 Å². The second-order valence-electron chi connectivity index (χ2n) is 21.3. The summed E-state index contributed by atoms with van der Waals surface area (Å²) in [5.41, 5.74) is 0.0683. The molecule has 392 valence electrons. The van der Waals surface area contributed by atoms with Gasteiger partial charge in [-0.1, -0.05) is 113 Å². The van der Waals surface area contributed by atoms with Gasteiger partial charge in [0.15, 0.2) is 0 Å². The van der Waals surface area contributed by atoms with Crippen LogP contribution in [0.15, 0.2) is 60.7 Å². The normalized spacial score (nSPS) is 28.3. The maximum atomic E-state index is 14.6. The summed E-state index contributed by atoms with van der Waals surface area (Å²) in [5.74, 6) is -0.413. The highest BCUT2D eigenvalue weighted by atomic mass is 32.2. The third-order valence-electron chi connectivity index (χ3n) is 15.2. The lowest BCUT2D eigenvalue weighted by atomic mass is 9.83. The van der Waals surface area contributed by atoms with Crippen LogP contribution in [0.1, 0.15) is 116 Å². The van der Waals surface area contributed by atoms with Crippen LogP contribution in [-0.2, 0) is 28.8 Å². The van der Waals surface area contributed by atoms with Crippen molar-refractivity contribution >= 4 is 93.4 Å². The standard InChI is InChI=1S/C52H74N10O6S4/c1-29(53-7)47(69)57-35-23-25-71-37-27-51(3,4)41(61(37)49(35)67)45(65)59-39(31-15-11-9-12-16-31)43(63)55-33-19-21-34(22-20-33)56-44(64)40(32-17-13-10-14-18-32)60-46(66)42-52(5,6)28-38-62(42)50(68)36(24-26-72-38)58-48(70)30(2)54-8/h9-18,29-30,33-42,53-54H,19-28H2,1-8H3,(H,55,63)(H,56,64)(H,57,69)(H,58,70)(H,59,65)(H,60,66)/t29-,30-,33?,34?,35-,36-,37-,38-,39-,40-,41+,42+/m0/s1. The number of fused-ring (bicyclic) bond motifs is 2. The Labute approximate surface area is 444 Å². The van der Waals surface area contributed by atoms with E-state index in [4.69, 9.17) is 24.4 Å². The van der Waals surface area contributed by atoms with Crippen molar-refractivity contribution in [1.82, 2.24) is 52.3 Å². The molecule has 16 nitrogen and oxygen atoms in total. The fraction of sp³-hybridized carbons (Fsp3) is 0.615. The molecule has 6 amide bonds. The summed E-state index contributed by atoms with van der Waals surface area (Å²) in [6.07, 6.45) is 4.63. The van der Waals surface area contributed by atoms with Gasteiger partial charge in [0, 0.05) is 12.1 Å². The Morgan fingerprint density at radius 2 is 0.917 bits per heavy atom. The average Bonchev–Trinajstić information content (AvgIpc) is 3.68. The van der Waals surface area contributed by atoms with Gasteiger partial charge >= 0.3 is 0 Å². The van der Waals surface area contributed by atoms with Crippen molar-refractivity contribution in [1.29, 1.82) is 0 Å². The molecule has 4 heterocycles. The van der Waals surface area contributed by atoms with Crippen molar-refractivity contribution in [3.63, 3.8) is 0 Å². The van der Waals surface area contributed by atoms with Crippen molar-refractivity contribution in [2.24, 2.45) is 10.8 Å². The van der Waals surface area contributed by atoms with Gasteiger partial charge in [0.1, 0.15) is 36.3 Å². The third kappa shape index (κ3) is 12.6. The van der Waals surface area contributed by atoms with Crippen molar-refractivity contribution in [2.45, 2.75) is 164 Å². The van der Waals surface area contributed by atoms with Gasteiger partial charge in [-0.05, 0) is 113 Å². The van der Waals surface area contributed by atoms with E-state index in [0.29, 0.717) is 72.5 Å². The number of carbonyl (C=O) groups is 6. The number of amides is 6. The van der Waals surface area contributed by atoms with Gasteiger partial charge in [-0.3, -0.25) is 28.8 Å². The molecule has 1 saturated carbocycles. The molecule has 7 rings (SSSR count). The Hall–Kier alpha value is -4.34. The van der Waals surface area contributed by atoms with Gasteiger partial charge < -0.3 is 52.3 Å². The molecule has 5 aliphatic rings. The van der Waals surface area contributed by atoms with Crippen LogP contribution in [0.2, 0.25) is 0 Å². The molecule has 4 aliphatic heterocycles. The van der Waals surface area contributed by atoms with E-state index in [0.717, 1.165) is 11.5 Å². The van der Waals surface area contributed by atoms with Crippen molar-refractivity contribution in [3.8, 4) is 0 Å². The van der Waals surface area contributed by atoms with E-state index in [1.165, 1.54) is 0 Å². The Balaban J connectivity index is 1.00. The first kappa shape index (κ1) is 55.4. The SMILES string of the molecule is CN[C@@H](C)C(=S)N[C@H]1CCS[C@H]2CC(C)(C)[C@@H](C(=O)N[C@H](C(=O)NC3CCC(NC(=O)[C@@H](NC(=O)[C@H]4N5C(=O)[C@@H](NC(=S)[C@H](C)NC)CCS[C@H]5CC4(C)C)c4ccccc4)CC3)c3ccccc3)N2C1=O. The Bertz CT molecular complexity index is 2160. The maximum absolute atomic E-state index is 14.6. The van der Waals surface area contributed by atoms with E-state index in [9.17, 15) is 28.8 Å². The number of thioether (sulfide) groups is 2. The number of hydrogen-bond acceptors (Lipinski definition) is 12. The van der Waals surface area contributed by atoms with Crippen molar-refractivity contribution < 1.29 is 28.8 Å². The number of likely N-dealkylation sites (N-methyl/N-ethyl adjacent to an activating group) is 2. The number of hydrogen-bond donors (Lipinski definition) is 8. The molecule has 10 atom stereocenters. The lowest BCUT2D eigenvalue weighted by Gasteiger charge is -2.36. The van der Waals surface area contributed by atoms with Crippen LogP contribution in [-0.4, -0.2) is 140 Å². The second-order valence-corrected chi connectivity index (χ2v) is 24.8. The Kier molecular flexibility index (Phi) is 18.4. The summed E-state index contributed by atoms with van der Waals surface area (Å²) in [4.78, 5) is 91.2. The van der Waals surface area contributed by atoms with Crippen LogP contribution >= 0.6 is 48.0 Å². The zero-order chi connectivity index (χ0) is 52.1. The molecule has 8 N–H and O–H groups in total. The fourth-order valence-corrected chi connectivity index (χ4v) is 14.5. The van der Waals surface area contributed by atoms with Gasteiger partial charge in [-0.25, -0.2) is 0 Å². The summed E-state index contributed by atoms with van der Waals surface area (Å²) < 4.78 is 0. The molecule has 0 aromatic heterocycles. The molecule has 5 fully saturated rings. The van der Waals surface area contributed by atoms with Gasteiger partial charge in [-0.15, -0.1) is 23.5 Å². The first-order chi connectivity index (χ1) is 34.2. The molecule has 2 aromatic rings. The highest BCUT2D eigenvalue weighted by molar-refractivity contribution is 8.00. The minimum Gasteiger partial charge on any atom is -0.367 e. The first-order valence-corrected chi connectivity index (χ1v) is 28.3. The lowest BCUT2D eigenvalue weighted by Crippen LogP contribution is -2.59. The predicted molar refractivity (Wildman–Crippen MR) is 293 cm³/mol. The van der Waals surface area contributed by atoms with Gasteiger partial charge in [-0.2, -0.15) is 0 Å². The molecule has 0 radical (unpaired) electrons. The van der Waals surface area contributed by atoms with Crippen molar-refractivity contribution in [3.05, 3.63) is 71.8 Å². The number of rotatable bonds is 16. The Morgan fingerprint density at radius 3 is 1.25 bits per heavy atom. The molecule has 2 aromatic carbocycles. The monoisotopic (exact) mass is 1060 g/mol. The number of benzene rings is 2. The van der Waals surface area contributed by atoms with E-state index in [1.54, 1.807) is 33.3 Å². The van der Waals surface area contributed by atoms with Gasteiger partial charge in [0.25, 0.3) is 0 Å². The van der Waals surface area contributed by atoms with E-state index in [1.807, 2.05) is 116 Å². The molecular formula is C52H74N10O6S4. The third-order valence-corrected chi connectivity index (χ3v) is 18.6. The average molecular weight is 1060 g/mol. The maximum Gasteiger partial charge on any atom is 0.247 e. The summed E-state index contributed by atoms with van der Waals surface area (Å²) >= 11 is 14.6. The molecule has 4 saturated heterocycles. The Morgan fingerprint density at radius 1 is 0.569 bits per heavy atom. The molecular weight excluding hydrogens is 989 g/mol. The molecule has 1 aliphatic carbocycles. The number of nitrogens with zero attached hydrogens (tertiary/aromatic N) is 2. The van der Waals surface area contributed by atoms with Gasteiger partial charge in [0.05, 0.1) is 32.8 Å². The molecule has 0 unspecified atom stereocenters. The molecule has 0 bridgehead atoms. The van der Waals surface area contributed by atoms with Crippen molar-refractivity contribution in [2.75, 3.05) is 25.6 Å². The summed E-state index contributed by atoms with van der Waals surface area (Å²) in [6.45, 7) is 11.9. The van der Waals surface area contributed by atoms with Crippen LogP contribution in [0.25, 0.3) is 0 Å². The van der Waals surface area contributed by atoms with Crippen LogP contribution in [0.3, 0.4) is 0 Å². The zero-order valence-corrected chi connectivity index (χ0v) is 46.0. The van der Waals surface area contributed by atoms with Crippen LogP contribution in [0.5, 0.6) is 0 Å². The highest BCUT2D eigenvalue weighted by Crippen LogP contribution is 2.48. The smallest absolute Gasteiger partial charge is 0.247 e. The van der Waals surface area contributed by atoms with Crippen LogP contribution in [0, 0.1) is 10.8 Å². The zero-order valence-electron chi connectivity index (χ0n) is 42.7. The van der Waals surface area contributed by atoms with E-state index in [-0.39, 0.29) is 58.5 Å². The second kappa shape index (κ2) is 23.9. The fourth-order valence-electron chi connectivity index (χ4n) is 10.8. The summed E-state index contributed by atoms with van der Waals surface area (Å²) in [6, 6.07) is 12.6. The quantitative estimate of drug-likeness (QED) is 0.111. The highest BCUT2D eigenvalue weighted by Gasteiger charge is 2.56. The largest absolute Gasteiger partial charge is 0.367 e. The number of nitrogens with one attached hydrogen (secondary N) is 8. The number of thiocarbonyl (C=S) groups is 2. The molecule has 72 heavy (non-hydrogen) atoms. The van der Waals surface area contributed by atoms with E-state index < -0.39 is 58.9 Å². The number of carbonyl (C=O) groups excluding carboxylic acids is 6. The predicted octanol–water partition coefficient (Wildman–Crippen LogP) is 4.21. The van der Waals surface area contributed by atoms with E-state index >= 15 is 0 Å². The molecule has 20 heteroatoms. The summed E-state index contributed by atoms with van der Waals surface area (Å²) in [5, 5.41) is 24.9. The van der Waals surface area contributed by atoms with Crippen LogP contribution in [0.4, 0.5) is 0 Å². The first-order valence-electron chi connectivity index (χ1n) is 25.4. The summed E-state index contributed by atoms with van der Waals surface area (Å²) in [7, 11) is 3.62. The van der Waals surface area contributed by atoms with Gasteiger partial charge in [0.2, 0.25) is 35.4 Å². The van der Waals surface area contributed by atoms with E-state index in [2.05, 4.69) is 42.5 Å². The van der Waals surface area contributed by atoms with Crippen LogP contribution < -0.4 is 42.5 Å².